The van der Waals surface area contributed by atoms with E-state index >= 15 is 0 Å². The van der Waals surface area contributed by atoms with Crippen molar-refractivity contribution in [2.45, 2.75) is 31.8 Å². The third-order valence-corrected chi connectivity index (χ3v) is 3.06. The zero-order valence-electron chi connectivity index (χ0n) is 10.7. The summed E-state index contributed by atoms with van der Waals surface area (Å²) in [6, 6.07) is 6.41. The Kier molecular flexibility index (Phi) is 3.72. The third kappa shape index (κ3) is 2.92. The molecule has 1 aliphatic rings. The van der Waals surface area contributed by atoms with Crippen molar-refractivity contribution in [2.24, 2.45) is 5.73 Å². The van der Waals surface area contributed by atoms with Gasteiger partial charge in [-0.2, -0.15) is 0 Å². The van der Waals surface area contributed by atoms with Crippen LogP contribution in [0.1, 0.15) is 19.8 Å². The second-order valence-electron chi connectivity index (χ2n) is 4.67. The van der Waals surface area contributed by atoms with Gasteiger partial charge in [0.05, 0.1) is 12.8 Å². The van der Waals surface area contributed by atoms with Gasteiger partial charge in [-0.3, -0.25) is 4.79 Å². The number of rotatable bonds is 4. The number of nitrogens with one attached hydrogen (secondary N) is 2. The Morgan fingerprint density at radius 1 is 1.44 bits per heavy atom. The summed E-state index contributed by atoms with van der Waals surface area (Å²) >= 11 is 0. The Hall–Kier alpha value is -1.75. The number of hydrogen-bond donors (Lipinski definition) is 3. The van der Waals surface area contributed by atoms with Crippen LogP contribution in [0, 0.1) is 0 Å². The van der Waals surface area contributed by atoms with Gasteiger partial charge in [0.2, 0.25) is 5.91 Å². The molecule has 98 valence electrons. The lowest BCUT2D eigenvalue weighted by Gasteiger charge is -2.33. The highest BCUT2D eigenvalue weighted by molar-refractivity contribution is 5.90. The van der Waals surface area contributed by atoms with E-state index in [9.17, 15) is 4.79 Å². The summed E-state index contributed by atoms with van der Waals surface area (Å²) in [4.78, 5) is 11.0. The zero-order chi connectivity index (χ0) is 13.1. The molecule has 1 fully saturated rings. The van der Waals surface area contributed by atoms with Gasteiger partial charge in [0, 0.05) is 30.8 Å². The molecule has 1 amide bonds. The summed E-state index contributed by atoms with van der Waals surface area (Å²) in [5.74, 6) is 0.540. The van der Waals surface area contributed by atoms with E-state index in [1.165, 1.54) is 6.92 Å². The van der Waals surface area contributed by atoms with E-state index in [0.717, 1.165) is 18.5 Å². The average molecular weight is 249 g/mol. The molecular formula is C13H19N3O2. The first-order valence-corrected chi connectivity index (χ1v) is 6.06. The van der Waals surface area contributed by atoms with Crippen molar-refractivity contribution in [3.63, 3.8) is 0 Å². The van der Waals surface area contributed by atoms with Crippen molar-refractivity contribution in [3.8, 4) is 5.75 Å². The standard InChI is InChI=1S/C13H19N3O2/c1-8(17)15-12-4-3-10(7-13(12)18-2)16-11-5-9(14)6-11/h3-4,7,9,11,16H,5-6,14H2,1-2H3,(H,15,17). The topological polar surface area (TPSA) is 76.4 Å². The number of ether oxygens (including phenoxy) is 1. The SMILES string of the molecule is COc1cc(NC2CC(N)C2)ccc1NC(C)=O. The van der Waals surface area contributed by atoms with Crippen LogP contribution >= 0.6 is 0 Å². The van der Waals surface area contributed by atoms with Gasteiger partial charge in [-0.25, -0.2) is 0 Å². The fourth-order valence-electron chi connectivity index (χ4n) is 2.09. The molecule has 5 heteroatoms. The lowest BCUT2D eigenvalue weighted by atomic mass is 9.87. The molecule has 2 rings (SSSR count). The first kappa shape index (κ1) is 12.7. The fourth-order valence-corrected chi connectivity index (χ4v) is 2.09. The number of carbonyl (C=O) groups excluding carboxylic acids is 1. The summed E-state index contributed by atoms with van der Waals surface area (Å²) in [7, 11) is 1.59. The zero-order valence-corrected chi connectivity index (χ0v) is 10.7. The smallest absolute Gasteiger partial charge is 0.221 e. The van der Waals surface area contributed by atoms with Crippen LogP contribution in [-0.4, -0.2) is 25.1 Å². The maximum absolute atomic E-state index is 11.0. The van der Waals surface area contributed by atoms with E-state index in [4.69, 9.17) is 10.5 Å². The lowest BCUT2D eigenvalue weighted by Crippen LogP contribution is -2.44. The summed E-state index contributed by atoms with van der Waals surface area (Å²) in [5, 5.41) is 6.12. The fraction of sp³-hybridized carbons (Fsp3) is 0.462. The van der Waals surface area contributed by atoms with Crippen LogP contribution in [0.25, 0.3) is 0 Å². The monoisotopic (exact) mass is 249 g/mol. The maximum atomic E-state index is 11.0. The molecule has 0 radical (unpaired) electrons. The van der Waals surface area contributed by atoms with Crippen molar-refractivity contribution in [2.75, 3.05) is 17.7 Å². The van der Waals surface area contributed by atoms with Gasteiger partial charge in [-0.05, 0) is 25.0 Å². The summed E-state index contributed by atoms with van der Waals surface area (Å²) in [6.45, 7) is 1.47. The molecule has 0 unspecified atom stereocenters. The first-order chi connectivity index (χ1) is 8.58. The van der Waals surface area contributed by atoms with E-state index in [2.05, 4.69) is 10.6 Å². The number of hydrogen-bond acceptors (Lipinski definition) is 4. The normalized spacial score (nSPS) is 21.9. The van der Waals surface area contributed by atoms with Crippen molar-refractivity contribution in [1.29, 1.82) is 0 Å². The minimum atomic E-state index is -0.112. The molecular weight excluding hydrogens is 230 g/mol. The van der Waals surface area contributed by atoms with Crippen LogP contribution in [0.4, 0.5) is 11.4 Å². The van der Waals surface area contributed by atoms with Gasteiger partial charge in [0.25, 0.3) is 0 Å². The molecule has 0 saturated heterocycles. The molecule has 0 aromatic heterocycles. The Balaban J connectivity index is 2.06. The van der Waals surface area contributed by atoms with E-state index in [-0.39, 0.29) is 5.91 Å². The van der Waals surface area contributed by atoms with Crippen LogP contribution in [0.15, 0.2) is 18.2 Å². The quantitative estimate of drug-likeness (QED) is 0.756. The van der Waals surface area contributed by atoms with E-state index in [1.54, 1.807) is 7.11 Å². The molecule has 0 spiro atoms. The number of benzene rings is 1. The lowest BCUT2D eigenvalue weighted by molar-refractivity contribution is -0.114. The summed E-state index contributed by atoms with van der Waals surface area (Å²) < 4.78 is 5.26. The van der Waals surface area contributed by atoms with Crippen molar-refractivity contribution < 1.29 is 9.53 Å². The van der Waals surface area contributed by atoms with E-state index in [1.807, 2.05) is 18.2 Å². The maximum Gasteiger partial charge on any atom is 0.221 e. The summed E-state index contributed by atoms with van der Waals surface area (Å²) in [5.41, 5.74) is 7.41. The predicted octanol–water partition coefficient (Wildman–Crippen LogP) is 1.56. The van der Waals surface area contributed by atoms with E-state index in [0.29, 0.717) is 23.5 Å². The Bertz CT molecular complexity index is 442. The number of nitrogens with two attached hydrogens (primary N) is 1. The van der Waals surface area contributed by atoms with Gasteiger partial charge in [-0.1, -0.05) is 0 Å². The van der Waals surface area contributed by atoms with Gasteiger partial charge in [0.1, 0.15) is 5.75 Å². The second-order valence-corrected chi connectivity index (χ2v) is 4.67. The van der Waals surface area contributed by atoms with Gasteiger partial charge in [0.15, 0.2) is 0 Å². The minimum Gasteiger partial charge on any atom is -0.494 e. The molecule has 1 saturated carbocycles. The van der Waals surface area contributed by atoms with Gasteiger partial charge >= 0.3 is 0 Å². The molecule has 0 atom stereocenters. The highest BCUT2D eigenvalue weighted by Gasteiger charge is 2.25. The number of anilines is 2. The molecule has 1 aromatic carbocycles. The highest BCUT2D eigenvalue weighted by atomic mass is 16.5. The van der Waals surface area contributed by atoms with Crippen molar-refractivity contribution in [3.05, 3.63) is 18.2 Å². The summed E-state index contributed by atoms with van der Waals surface area (Å²) in [6.07, 6.45) is 1.99. The minimum absolute atomic E-state index is 0.112. The molecule has 1 aliphatic carbocycles. The van der Waals surface area contributed by atoms with Crippen LogP contribution in [0.3, 0.4) is 0 Å². The molecule has 1 aromatic rings. The third-order valence-electron chi connectivity index (χ3n) is 3.06. The van der Waals surface area contributed by atoms with Crippen LogP contribution < -0.4 is 21.1 Å². The number of carbonyl (C=O) groups is 1. The first-order valence-electron chi connectivity index (χ1n) is 6.06. The van der Waals surface area contributed by atoms with Crippen LogP contribution in [0.5, 0.6) is 5.75 Å². The Morgan fingerprint density at radius 2 is 2.17 bits per heavy atom. The molecule has 4 N–H and O–H groups in total. The average Bonchev–Trinajstić information content (AvgIpc) is 2.28. The molecule has 0 aliphatic heterocycles. The van der Waals surface area contributed by atoms with Gasteiger partial charge < -0.3 is 21.1 Å². The molecule has 5 nitrogen and oxygen atoms in total. The number of amides is 1. The molecule has 0 bridgehead atoms. The largest absolute Gasteiger partial charge is 0.494 e. The van der Waals surface area contributed by atoms with Gasteiger partial charge in [-0.15, -0.1) is 0 Å². The van der Waals surface area contributed by atoms with Crippen LogP contribution in [0.2, 0.25) is 0 Å². The second kappa shape index (κ2) is 5.27. The highest BCUT2D eigenvalue weighted by Crippen LogP contribution is 2.30. The molecule has 18 heavy (non-hydrogen) atoms. The van der Waals surface area contributed by atoms with Crippen molar-refractivity contribution in [1.82, 2.24) is 0 Å². The Morgan fingerprint density at radius 3 is 2.72 bits per heavy atom. The van der Waals surface area contributed by atoms with E-state index < -0.39 is 0 Å². The van der Waals surface area contributed by atoms with Crippen LogP contribution in [-0.2, 0) is 4.79 Å². The molecule has 0 heterocycles. The predicted molar refractivity (Wildman–Crippen MR) is 71.9 cm³/mol. The number of methoxy groups -OCH3 is 1. The van der Waals surface area contributed by atoms with Crippen molar-refractivity contribution >= 4 is 17.3 Å². The Labute approximate surface area is 107 Å².